The second-order valence-electron chi connectivity index (χ2n) is 6.64. The molecule has 0 spiro atoms. The summed E-state index contributed by atoms with van der Waals surface area (Å²) in [7, 11) is 3.14. The van der Waals surface area contributed by atoms with E-state index in [1.54, 1.807) is 33.3 Å². The minimum absolute atomic E-state index is 0.253. The van der Waals surface area contributed by atoms with Crippen molar-refractivity contribution >= 4 is 11.8 Å². The summed E-state index contributed by atoms with van der Waals surface area (Å²) in [5.74, 6) is 2.24. The zero-order valence-electron chi connectivity index (χ0n) is 18.7. The molecule has 0 unspecified atom stereocenters. The molecule has 8 heteroatoms. The number of hydrogen-bond acceptors (Lipinski definition) is 8. The van der Waals surface area contributed by atoms with Gasteiger partial charge >= 0.3 is 5.97 Å². The zero-order chi connectivity index (χ0) is 22.9. The van der Waals surface area contributed by atoms with E-state index in [4.69, 9.17) is 18.9 Å². The van der Waals surface area contributed by atoms with Gasteiger partial charge in [-0.15, -0.1) is 0 Å². The Labute approximate surface area is 187 Å². The van der Waals surface area contributed by atoms with Crippen molar-refractivity contribution < 1.29 is 23.7 Å². The lowest BCUT2D eigenvalue weighted by atomic mass is 10.1. The zero-order valence-corrected chi connectivity index (χ0v) is 18.7. The molecule has 1 N–H and O–H groups in total. The van der Waals surface area contributed by atoms with Gasteiger partial charge in [0.1, 0.15) is 17.1 Å². The molecule has 0 radical (unpaired) electrons. The molecule has 0 saturated heterocycles. The van der Waals surface area contributed by atoms with Gasteiger partial charge in [-0.05, 0) is 38.1 Å². The first-order valence-electron chi connectivity index (χ1n) is 10.3. The van der Waals surface area contributed by atoms with Crippen molar-refractivity contribution in [1.82, 2.24) is 9.97 Å². The smallest absolute Gasteiger partial charge is 0.343 e. The topological polar surface area (TPSA) is 91.8 Å². The number of methoxy groups -OCH3 is 2. The summed E-state index contributed by atoms with van der Waals surface area (Å²) in [5, 5.41) is 3.24. The second-order valence-corrected chi connectivity index (χ2v) is 6.64. The quantitative estimate of drug-likeness (QED) is 0.468. The van der Waals surface area contributed by atoms with Crippen molar-refractivity contribution in [1.29, 1.82) is 0 Å². The van der Waals surface area contributed by atoms with Gasteiger partial charge in [0.05, 0.1) is 27.4 Å². The van der Waals surface area contributed by atoms with Gasteiger partial charge in [-0.1, -0.05) is 18.2 Å². The van der Waals surface area contributed by atoms with Crippen LogP contribution in [0.1, 0.15) is 29.8 Å². The normalized spacial score (nSPS) is 10.4. The van der Waals surface area contributed by atoms with Gasteiger partial charge in [-0.3, -0.25) is 0 Å². The fraction of sp³-hybridized carbons (Fsp3) is 0.292. The minimum atomic E-state index is -0.494. The van der Waals surface area contributed by atoms with Crippen molar-refractivity contribution in [3.8, 4) is 28.6 Å². The number of rotatable bonds is 10. The predicted octanol–water partition coefficient (Wildman–Crippen LogP) is 4.35. The Hall–Kier alpha value is -3.81. The third-order valence-corrected chi connectivity index (χ3v) is 4.64. The van der Waals surface area contributed by atoms with Crippen LogP contribution in [0.25, 0.3) is 11.4 Å². The summed E-state index contributed by atoms with van der Waals surface area (Å²) in [6.07, 6.45) is 1.47. The van der Waals surface area contributed by atoms with E-state index in [0.29, 0.717) is 36.3 Å². The number of carbonyl (C=O) groups is 1. The number of anilines is 1. The summed E-state index contributed by atoms with van der Waals surface area (Å²) < 4.78 is 21.5. The summed E-state index contributed by atoms with van der Waals surface area (Å²) in [4.78, 5) is 21.5. The average molecular weight is 437 g/mol. The molecule has 0 aliphatic carbocycles. The van der Waals surface area contributed by atoms with Crippen LogP contribution in [0.3, 0.4) is 0 Å². The Morgan fingerprint density at radius 1 is 0.969 bits per heavy atom. The van der Waals surface area contributed by atoms with Gasteiger partial charge in [-0.25, -0.2) is 14.8 Å². The van der Waals surface area contributed by atoms with Crippen LogP contribution in [0.15, 0.2) is 48.7 Å². The Balaban J connectivity index is 1.96. The molecule has 0 amide bonds. The number of benzene rings is 2. The standard InChI is InChI=1S/C24H27N3O5/c1-5-31-19-10-8-7-9-17(19)14-25-23-18(24(28)32-6-2)15-26-22(27-23)16-11-12-20(29-3)21(13-16)30-4/h7-13,15H,5-6,14H2,1-4H3,(H,25,26,27). The van der Waals surface area contributed by atoms with Crippen LogP contribution in [-0.4, -0.2) is 43.4 Å². The molecule has 0 saturated carbocycles. The maximum atomic E-state index is 12.5. The molecule has 3 rings (SSSR count). The van der Waals surface area contributed by atoms with E-state index in [1.807, 2.05) is 37.3 Å². The summed E-state index contributed by atoms with van der Waals surface area (Å²) >= 11 is 0. The SMILES string of the molecule is CCOC(=O)c1cnc(-c2ccc(OC)c(OC)c2)nc1NCc1ccccc1OCC. The Bertz CT molecular complexity index is 1070. The third kappa shape index (κ3) is 5.26. The first-order valence-corrected chi connectivity index (χ1v) is 10.3. The first kappa shape index (κ1) is 22.9. The van der Waals surface area contributed by atoms with Crippen LogP contribution in [0, 0.1) is 0 Å². The van der Waals surface area contributed by atoms with E-state index in [0.717, 1.165) is 16.9 Å². The molecule has 0 fully saturated rings. The molecule has 2 aromatic carbocycles. The molecular formula is C24H27N3O5. The number of ether oxygens (including phenoxy) is 4. The lowest BCUT2D eigenvalue weighted by molar-refractivity contribution is 0.0526. The van der Waals surface area contributed by atoms with E-state index in [9.17, 15) is 4.79 Å². The Kier molecular flexibility index (Phi) is 7.85. The van der Waals surface area contributed by atoms with Crippen LogP contribution in [-0.2, 0) is 11.3 Å². The highest BCUT2D eigenvalue weighted by Gasteiger charge is 2.18. The Morgan fingerprint density at radius 3 is 2.47 bits per heavy atom. The second kappa shape index (κ2) is 11.0. The van der Waals surface area contributed by atoms with Crippen molar-refractivity contribution in [2.24, 2.45) is 0 Å². The molecule has 0 bridgehead atoms. The number of nitrogens with one attached hydrogen (secondary N) is 1. The van der Waals surface area contributed by atoms with E-state index >= 15 is 0 Å². The van der Waals surface area contributed by atoms with Crippen LogP contribution in [0.5, 0.6) is 17.2 Å². The van der Waals surface area contributed by atoms with E-state index in [-0.39, 0.29) is 12.2 Å². The van der Waals surface area contributed by atoms with Gasteiger partial charge < -0.3 is 24.3 Å². The van der Waals surface area contributed by atoms with Crippen molar-refractivity contribution in [2.75, 3.05) is 32.8 Å². The number of para-hydroxylation sites is 1. The monoisotopic (exact) mass is 437 g/mol. The maximum absolute atomic E-state index is 12.5. The Morgan fingerprint density at radius 2 is 1.75 bits per heavy atom. The summed E-state index contributed by atoms with van der Waals surface area (Å²) in [5.41, 5.74) is 1.91. The molecule has 0 atom stereocenters. The van der Waals surface area contributed by atoms with Gasteiger partial charge in [0, 0.05) is 23.9 Å². The van der Waals surface area contributed by atoms with Gasteiger partial charge in [0.15, 0.2) is 17.3 Å². The molecule has 0 aliphatic heterocycles. The average Bonchev–Trinajstić information content (AvgIpc) is 2.83. The number of aromatic nitrogens is 2. The molecular weight excluding hydrogens is 410 g/mol. The first-order chi connectivity index (χ1) is 15.6. The van der Waals surface area contributed by atoms with Gasteiger partial charge in [0.25, 0.3) is 0 Å². The summed E-state index contributed by atoms with van der Waals surface area (Å²) in [6.45, 7) is 4.90. The third-order valence-electron chi connectivity index (χ3n) is 4.64. The van der Waals surface area contributed by atoms with E-state index in [1.165, 1.54) is 6.20 Å². The highest BCUT2D eigenvalue weighted by Crippen LogP contribution is 2.32. The molecule has 1 heterocycles. The largest absolute Gasteiger partial charge is 0.494 e. The number of hydrogen-bond donors (Lipinski definition) is 1. The van der Waals surface area contributed by atoms with Gasteiger partial charge in [-0.2, -0.15) is 0 Å². The van der Waals surface area contributed by atoms with Crippen LogP contribution < -0.4 is 19.5 Å². The van der Waals surface area contributed by atoms with Crippen LogP contribution in [0.4, 0.5) is 5.82 Å². The number of nitrogens with zero attached hydrogens (tertiary/aromatic N) is 2. The molecule has 32 heavy (non-hydrogen) atoms. The molecule has 0 aliphatic rings. The summed E-state index contributed by atoms with van der Waals surface area (Å²) in [6, 6.07) is 13.1. The lowest BCUT2D eigenvalue weighted by Crippen LogP contribution is -2.13. The van der Waals surface area contributed by atoms with Crippen molar-refractivity contribution in [2.45, 2.75) is 20.4 Å². The minimum Gasteiger partial charge on any atom is -0.494 e. The predicted molar refractivity (Wildman–Crippen MR) is 121 cm³/mol. The van der Waals surface area contributed by atoms with Gasteiger partial charge in [0.2, 0.25) is 0 Å². The van der Waals surface area contributed by atoms with Crippen LogP contribution in [0.2, 0.25) is 0 Å². The number of esters is 1. The van der Waals surface area contributed by atoms with Crippen molar-refractivity contribution in [3.63, 3.8) is 0 Å². The fourth-order valence-corrected chi connectivity index (χ4v) is 3.11. The fourth-order valence-electron chi connectivity index (χ4n) is 3.11. The van der Waals surface area contributed by atoms with E-state index in [2.05, 4.69) is 15.3 Å². The maximum Gasteiger partial charge on any atom is 0.343 e. The molecule has 1 aromatic heterocycles. The highest BCUT2D eigenvalue weighted by atomic mass is 16.5. The molecule has 3 aromatic rings. The molecule has 168 valence electrons. The highest BCUT2D eigenvalue weighted by molar-refractivity contribution is 5.94. The van der Waals surface area contributed by atoms with Crippen LogP contribution >= 0.6 is 0 Å². The van der Waals surface area contributed by atoms with E-state index < -0.39 is 5.97 Å². The number of carbonyl (C=O) groups excluding carboxylic acids is 1. The lowest BCUT2D eigenvalue weighted by Gasteiger charge is -2.14. The van der Waals surface area contributed by atoms with Crippen molar-refractivity contribution in [3.05, 3.63) is 59.8 Å². The molecule has 8 nitrogen and oxygen atoms in total.